The average Bonchev–Trinajstić information content (AvgIpc) is 2.77. The van der Waals surface area contributed by atoms with Gasteiger partial charge >= 0.3 is 0 Å². The summed E-state index contributed by atoms with van der Waals surface area (Å²) in [5.74, 6) is 0.0360. The molecule has 1 saturated heterocycles. The van der Waals surface area contributed by atoms with Crippen LogP contribution in [-0.4, -0.2) is 25.7 Å². The van der Waals surface area contributed by atoms with E-state index in [-0.39, 0.29) is 17.9 Å². The van der Waals surface area contributed by atoms with Gasteiger partial charge in [-0.3, -0.25) is 4.79 Å². The summed E-state index contributed by atoms with van der Waals surface area (Å²) in [6, 6.07) is 7.90. The molecular weight excluding hydrogens is 228 g/mol. The number of anilines is 1. The minimum Gasteiger partial charge on any atom is -0.378 e. The zero-order valence-electron chi connectivity index (χ0n) is 10.9. The number of ether oxygens (including phenoxy) is 1. The second kappa shape index (κ2) is 5.98. The molecule has 1 aliphatic rings. The lowest BCUT2D eigenvalue weighted by Crippen LogP contribution is -2.23. The predicted molar refractivity (Wildman–Crippen MR) is 71.4 cm³/mol. The highest BCUT2D eigenvalue weighted by Crippen LogP contribution is 2.21. The standard InChI is InChI=1S/C14H20N2O2/c1-10-6-12(9-18-10)14(17)16-13-5-3-4-11(7-13)8-15-2/h3-5,7,10,12,15H,6,8-9H2,1-2H3,(H,16,17). The van der Waals surface area contributed by atoms with Gasteiger partial charge in [0.15, 0.2) is 0 Å². The molecule has 98 valence electrons. The predicted octanol–water partition coefficient (Wildman–Crippen LogP) is 1.77. The highest BCUT2D eigenvalue weighted by atomic mass is 16.5. The Morgan fingerprint density at radius 2 is 2.33 bits per heavy atom. The monoisotopic (exact) mass is 248 g/mol. The third-order valence-corrected chi connectivity index (χ3v) is 3.14. The number of rotatable bonds is 4. The lowest BCUT2D eigenvalue weighted by Gasteiger charge is -2.10. The Balaban J connectivity index is 1.96. The second-order valence-electron chi connectivity index (χ2n) is 4.80. The van der Waals surface area contributed by atoms with Crippen LogP contribution in [0.25, 0.3) is 0 Å². The summed E-state index contributed by atoms with van der Waals surface area (Å²) in [5, 5.41) is 6.05. The van der Waals surface area contributed by atoms with Gasteiger partial charge in [0, 0.05) is 12.2 Å². The maximum atomic E-state index is 12.0. The van der Waals surface area contributed by atoms with Gasteiger partial charge in [-0.2, -0.15) is 0 Å². The molecule has 0 aliphatic carbocycles. The van der Waals surface area contributed by atoms with E-state index in [1.54, 1.807) is 0 Å². The van der Waals surface area contributed by atoms with Crippen molar-refractivity contribution in [2.75, 3.05) is 19.0 Å². The Bertz CT molecular complexity index is 420. The molecule has 4 nitrogen and oxygen atoms in total. The van der Waals surface area contributed by atoms with Gasteiger partial charge in [-0.15, -0.1) is 0 Å². The molecule has 2 rings (SSSR count). The van der Waals surface area contributed by atoms with E-state index in [0.29, 0.717) is 6.61 Å². The van der Waals surface area contributed by atoms with Gasteiger partial charge in [-0.1, -0.05) is 12.1 Å². The Kier molecular flexibility index (Phi) is 4.33. The van der Waals surface area contributed by atoms with Crippen LogP contribution in [0.2, 0.25) is 0 Å². The SMILES string of the molecule is CNCc1cccc(NC(=O)C2COC(C)C2)c1. The molecule has 1 aromatic rings. The van der Waals surface area contributed by atoms with E-state index in [0.717, 1.165) is 24.2 Å². The largest absolute Gasteiger partial charge is 0.378 e. The van der Waals surface area contributed by atoms with Gasteiger partial charge < -0.3 is 15.4 Å². The molecule has 1 aromatic carbocycles. The van der Waals surface area contributed by atoms with Crippen molar-refractivity contribution in [3.8, 4) is 0 Å². The van der Waals surface area contributed by atoms with Crippen LogP contribution in [0.4, 0.5) is 5.69 Å². The van der Waals surface area contributed by atoms with Crippen LogP contribution in [-0.2, 0) is 16.1 Å². The Morgan fingerprint density at radius 1 is 1.50 bits per heavy atom. The molecule has 4 heteroatoms. The maximum Gasteiger partial charge on any atom is 0.229 e. The molecule has 0 spiro atoms. The van der Waals surface area contributed by atoms with Gasteiger partial charge in [0.05, 0.1) is 18.6 Å². The van der Waals surface area contributed by atoms with Crippen molar-refractivity contribution < 1.29 is 9.53 Å². The van der Waals surface area contributed by atoms with Crippen LogP contribution < -0.4 is 10.6 Å². The molecule has 1 heterocycles. The third kappa shape index (κ3) is 3.31. The molecule has 0 saturated carbocycles. The lowest BCUT2D eigenvalue weighted by atomic mass is 10.1. The van der Waals surface area contributed by atoms with Gasteiger partial charge in [0.2, 0.25) is 5.91 Å². The van der Waals surface area contributed by atoms with Crippen LogP contribution in [0.5, 0.6) is 0 Å². The fraction of sp³-hybridized carbons (Fsp3) is 0.500. The van der Waals surface area contributed by atoms with Gasteiger partial charge in [0.1, 0.15) is 0 Å². The molecule has 0 bridgehead atoms. The van der Waals surface area contributed by atoms with Crippen molar-refractivity contribution in [1.82, 2.24) is 5.32 Å². The smallest absolute Gasteiger partial charge is 0.229 e. The summed E-state index contributed by atoms with van der Waals surface area (Å²) in [4.78, 5) is 12.0. The summed E-state index contributed by atoms with van der Waals surface area (Å²) in [5.41, 5.74) is 2.01. The van der Waals surface area contributed by atoms with Crippen molar-refractivity contribution in [3.05, 3.63) is 29.8 Å². The molecule has 1 fully saturated rings. The minimum atomic E-state index is -0.0204. The minimum absolute atomic E-state index is 0.0204. The molecule has 2 unspecified atom stereocenters. The molecular formula is C14H20N2O2. The van der Waals surface area contributed by atoms with Crippen LogP contribution >= 0.6 is 0 Å². The molecule has 18 heavy (non-hydrogen) atoms. The quantitative estimate of drug-likeness (QED) is 0.853. The van der Waals surface area contributed by atoms with Gasteiger partial charge in [-0.05, 0) is 38.1 Å². The van der Waals surface area contributed by atoms with Crippen molar-refractivity contribution in [2.24, 2.45) is 5.92 Å². The highest BCUT2D eigenvalue weighted by molar-refractivity contribution is 5.92. The zero-order chi connectivity index (χ0) is 13.0. The van der Waals surface area contributed by atoms with E-state index in [1.165, 1.54) is 0 Å². The van der Waals surface area contributed by atoms with E-state index in [2.05, 4.69) is 10.6 Å². The second-order valence-corrected chi connectivity index (χ2v) is 4.80. The summed E-state index contributed by atoms with van der Waals surface area (Å²) in [6.07, 6.45) is 0.999. The number of hydrogen-bond acceptors (Lipinski definition) is 3. The molecule has 1 amide bonds. The molecule has 2 N–H and O–H groups in total. The van der Waals surface area contributed by atoms with Crippen LogP contribution in [0.15, 0.2) is 24.3 Å². The van der Waals surface area contributed by atoms with E-state index < -0.39 is 0 Å². The van der Waals surface area contributed by atoms with Crippen molar-refractivity contribution in [1.29, 1.82) is 0 Å². The number of hydrogen-bond donors (Lipinski definition) is 2. The van der Waals surface area contributed by atoms with Crippen molar-refractivity contribution in [2.45, 2.75) is 26.0 Å². The number of carbonyl (C=O) groups is 1. The molecule has 0 aromatic heterocycles. The van der Waals surface area contributed by atoms with E-state index >= 15 is 0 Å². The van der Waals surface area contributed by atoms with Crippen LogP contribution in [0, 0.1) is 5.92 Å². The molecule has 1 aliphatic heterocycles. The van der Waals surface area contributed by atoms with E-state index in [1.807, 2.05) is 38.2 Å². The summed E-state index contributed by atoms with van der Waals surface area (Å²) >= 11 is 0. The van der Waals surface area contributed by atoms with Crippen LogP contribution in [0.1, 0.15) is 18.9 Å². The van der Waals surface area contributed by atoms with E-state index in [9.17, 15) is 4.79 Å². The third-order valence-electron chi connectivity index (χ3n) is 3.14. The zero-order valence-corrected chi connectivity index (χ0v) is 10.9. The van der Waals surface area contributed by atoms with Gasteiger partial charge in [0.25, 0.3) is 0 Å². The highest BCUT2D eigenvalue weighted by Gasteiger charge is 2.28. The van der Waals surface area contributed by atoms with Crippen LogP contribution in [0.3, 0.4) is 0 Å². The Morgan fingerprint density at radius 3 is 3.00 bits per heavy atom. The van der Waals surface area contributed by atoms with Crippen molar-refractivity contribution in [3.63, 3.8) is 0 Å². The number of amides is 1. The summed E-state index contributed by atoms with van der Waals surface area (Å²) in [7, 11) is 1.91. The number of benzene rings is 1. The Hall–Kier alpha value is -1.39. The first kappa shape index (κ1) is 13.1. The normalized spacial score (nSPS) is 23.0. The topological polar surface area (TPSA) is 50.4 Å². The summed E-state index contributed by atoms with van der Waals surface area (Å²) < 4.78 is 5.42. The molecule has 2 atom stereocenters. The summed E-state index contributed by atoms with van der Waals surface area (Å²) in [6.45, 7) is 3.33. The lowest BCUT2D eigenvalue weighted by molar-refractivity contribution is -0.119. The fourth-order valence-electron chi connectivity index (χ4n) is 2.21. The van der Waals surface area contributed by atoms with Gasteiger partial charge in [-0.25, -0.2) is 0 Å². The maximum absolute atomic E-state index is 12.0. The average molecular weight is 248 g/mol. The van der Waals surface area contributed by atoms with E-state index in [4.69, 9.17) is 4.74 Å². The first-order valence-corrected chi connectivity index (χ1v) is 6.35. The Labute approximate surface area is 108 Å². The van der Waals surface area contributed by atoms with Crippen molar-refractivity contribution >= 4 is 11.6 Å². The first-order valence-electron chi connectivity index (χ1n) is 6.35. The number of carbonyl (C=O) groups excluding carboxylic acids is 1. The molecule has 0 radical (unpaired) electrons. The first-order chi connectivity index (χ1) is 8.69. The fourth-order valence-corrected chi connectivity index (χ4v) is 2.21. The number of nitrogens with one attached hydrogen (secondary N) is 2.